The van der Waals surface area contributed by atoms with Gasteiger partial charge in [0, 0.05) is 0 Å². The second-order valence-electron chi connectivity index (χ2n) is 0. The van der Waals surface area contributed by atoms with Crippen molar-refractivity contribution < 1.29 is 0 Å². The van der Waals surface area contributed by atoms with E-state index in [9.17, 15) is 0 Å². The Morgan fingerprint density at radius 1 is 0.600 bits per heavy atom. The van der Waals surface area contributed by atoms with Crippen molar-refractivity contribution in [2.24, 2.45) is 0 Å². The molecule has 0 aromatic heterocycles. The fraction of sp³-hybridized carbons (Fsp3) is 0. The molecule has 0 aromatic carbocycles. The summed E-state index contributed by atoms with van der Waals surface area (Å²) in [4.78, 5) is 0. The van der Waals surface area contributed by atoms with Gasteiger partial charge in [0.1, 0.15) is 0 Å². The number of hydrogen-bond acceptors (Lipinski definition) is 0. The summed E-state index contributed by atoms with van der Waals surface area (Å²) >= 11 is 0. The van der Waals surface area contributed by atoms with E-state index < -0.39 is 0 Å². The Bertz CT molecular complexity index is 6.85. The molecule has 0 amide bonds. The van der Waals surface area contributed by atoms with Crippen LogP contribution in [0.5, 0.6) is 0 Å². The third kappa shape index (κ3) is 18.9. The van der Waals surface area contributed by atoms with Crippen LogP contribution in [0, 0.1) is 0 Å². The molecule has 0 aliphatic carbocycles. The monoisotopic (exact) mass is 568 g/mol. The summed E-state index contributed by atoms with van der Waals surface area (Å²) in [5.41, 5.74) is 0. The second kappa shape index (κ2) is 26.7. The molecule has 0 unspecified atom stereocenters. The van der Waals surface area contributed by atoms with Crippen LogP contribution in [0.25, 0.3) is 0 Å². The Balaban J connectivity index is 0. The van der Waals surface area contributed by atoms with Crippen LogP contribution in [0.1, 0.15) is 0 Å². The van der Waals surface area contributed by atoms with Gasteiger partial charge >= 0.3 is 51.2 Å². The third-order valence-corrected chi connectivity index (χ3v) is 0. The van der Waals surface area contributed by atoms with Gasteiger partial charge in [-0.15, -0.1) is 0 Å². The standard InChI is InChI=1S/Pb.3Se.Sn/q+2;3*-2;+4. The quantitative estimate of drug-likeness (QED) is 0.303. The van der Waals surface area contributed by atoms with Crippen LogP contribution >= 0.6 is 0 Å². The van der Waals surface area contributed by atoms with Gasteiger partial charge in [-0.05, 0) is 0 Å². The Hall–Kier alpha value is 3.28. The maximum absolute atomic E-state index is 0. The van der Waals surface area contributed by atoms with E-state index >= 15 is 0 Å². The zero-order chi connectivity index (χ0) is 0. The molecule has 0 rings (SSSR count). The van der Waals surface area contributed by atoms with E-state index in [1.807, 2.05) is 0 Å². The minimum atomic E-state index is 0. The molecule has 0 heterocycles. The van der Waals surface area contributed by atoms with Crippen LogP contribution in [0.3, 0.4) is 0 Å². The maximum Gasteiger partial charge on any atom is 4.00 e. The Morgan fingerprint density at radius 3 is 0.600 bits per heavy atom. The molecule has 0 saturated heterocycles. The molecule has 26 valence electrons. The van der Waals surface area contributed by atoms with Crippen LogP contribution in [-0.2, 0) is 0 Å². The van der Waals surface area contributed by atoms with Crippen LogP contribution in [0.2, 0.25) is 0 Å². The summed E-state index contributed by atoms with van der Waals surface area (Å²) in [5.74, 6) is 0. The van der Waals surface area contributed by atoms with Crippen molar-refractivity contribution >= 4 is 102 Å². The molecule has 0 spiro atoms. The molecular formula is PbSe3Sn. The summed E-state index contributed by atoms with van der Waals surface area (Å²) in [7, 11) is 0. The fourth-order valence-electron chi connectivity index (χ4n) is 0. The Kier molecular flexibility index (Phi) is 218. The molecular weight excluding hydrogens is 563 g/mol. The van der Waals surface area contributed by atoms with Crippen molar-refractivity contribution in [3.05, 3.63) is 0 Å². The smallest absolute Gasteiger partial charge is 2.00 e. The van der Waals surface area contributed by atoms with Gasteiger partial charge in [0.25, 0.3) is 0 Å². The van der Waals surface area contributed by atoms with Gasteiger partial charge < -0.3 is 51.2 Å². The fourth-order valence-corrected chi connectivity index (χ4v) is 0. The summed E-state index contributed by atoms with van der Waals surface area (Å²) in [5, 5.41) is 0. The molecule has 0 aliphatic rings. The van der Waals surface area contributed by atoms with Gasteiger partial charge in [-0.25, -0.2) is 0 Å². The molecule has 0 nitrogen and oxygen atoms in total. The second-order valence-corrected chi connectivity index (χ2v) is 0. The van der Waals surface area contributed by atoms with Gasteiger partial charge in [-0.1, -0.05) is 0 Å². The largest absolute Gasteiger partial charge is 4.00 e. The van der Waals surface area contributed by atoms with E-state index in [0.29, 0.717) is 0 Å². The first-order valence-corrected chi connectivity index (χ1v) is 0. The van der Waals surface area contributed by atoms with Gasteiger partial charge in [0.2, 0.25) is 0 Å². The SMILES string of the molecule is [Pb+2].[Se-2].[Se-2].[Se-2].[Sn+4]. The average Bonchev–Trinajstić information content (AvgIpc) is 0. The van der Waals surface area contributed by atoms with Crippen molar-refractivity contribution in [1.29, 1.82) is 0 Å². The van der Waals surface area contributed by atoms with Crippen molar-refractivity contribution in [2.45, 2.75) is 0 Å². The third-order valence-electron chi connectivity index (χ3n) is 0. The minimum Gasteiger partial charge on any atom is -2.00 e. The molecule has 0 aromatic rings. The zero-order valence-corrected chi connectivity index (χ0v) is 14.1. The maximum atomic E-state index is 0. The van der Waals surface area contributed by atoms with E-state index in [1.54, 1.807) is 0 Å². The van der Waals surface area contributed by atoms with Crippen LogP contribution in [-0.4, -0.2) is 102 Å². The molecule has 5 heteroatoms. The van der Waals surface area contributed by atoms with E-state index in [-0.39, 0.29) is 102 Å². The normalized spacial score (nSPS) is 0. The summed E-state index contributed by atoms with van der Waals surface area (Å²) < 4.78 is 0. The van der Waals surface area contributed by atoms with E-state index in [1.165, 1.54) is 0 Å². The number of rotatable bonds is 0. The molecule has 0 aliphatic heterocycles. The Labute approximate surface area is 101 Å². The average molecular weight is 563 g/mol. The van der Waals surface area contributed by atoms with E-state index in [2.05, 4.69) is 0 Å². The van der Waals surface area contributed by atoms with Crippen LogP contribution < -0.4 is 0 Å². The predicted octanol–water partition coefficient (Wildman–Crippen LogP) is -1.90. The first-order valence-electron chi connectivity index (χ1n) is 0. The van der Waals surface area contributed by atoms with Gasteiger partial charge in [-0.3, -0.25) is 0 Å². The van der Waals surface area contributed by atoms with Crippen LogP contribution in [0.15, 0.2) is 0 Å². The van der Waals surface area contributed by atoms with Crippen molar-refractivity contribution in [2.75, 3.05) is 0 Å². The van der Waals surface area contributed by atoms with E-state index in [0.717, 1.165) is 0 Å². The van der Waals surface area contributed by atoms with Crippen molar-refractivity contribution in [3.63, 3.8) is 0 Å². The minimum absolute atomic E-state index is 0. The first kappa shape index (κ1) is 40.8. The topological polar surface area (TPSA) is 0 Å². The van der Waals surface area contributed by atoms with Crippen molar-refractivity contribution in [1.82, 2.24) is 0 Å². The molecule has 0 atom stereocenters. The zero-order valence-electron chi connectivity index (χ0n) is 2.22. The molecule has 0 bridgehead atoms. The molecule has 5 heavy (non-hydrogen) atoms. The van der Waals surface area contributed by atoms with E-state index in [4.69, 9.17) is 0 Å². The number of hydrogen-bond donors (Lipinski definition) is 0. The van der Waals surface area contributed by atoms with Gasteiger partial charge in [-0.2, -0.15) is 0 Å². The summed E-state index contributed by atoms with van der Waals surface area (Å²) in [6.45, 7) is 0. The van der Waals surface area contributed by atoms with Gasteiger partial charge in [0.05, 0.1) is 0 Å². The Morgan fingerprint density at radius 2 is 0.600 bits per heavy atom. The summed E-state index contributed by atoms with van der Waals surface area (Å²) in [6.07, 6.45) is 0. The first-order chi connectivity index (χ1) is 0. The molecule has 0 N–H and O–H groups in total. The summed E-state index contributed by atoms with van der Waals surface area (Å²) in [6, 6.07) is 0. The van der Waals surface area contributed by atoms with Crippen LogP contribution in [0.4, 0.5) is 0 Å². The molecule has 2 radical (unpaired) electrons. The van der Waals surface area contributed by atoms with Gasteiger partial charge in [0.15, 0.2) is 0 Å². The molecule has 0 saturated carbocycles. The predicted molar refractivity (Wildman–Crippen MR) is 28.8 cm³/mol. The van der Waals surface area contributed by atoms with Crippen molar-refractivity contribution in [3.8, 4) is 0 Å². The molecule has 0 fully saturated rings.